The Morgan fingerprint density at radius 3 is 1.10 bits per heavy atom. The predicted octanol–water partition coefficient (Wildman–Crippen LogP) is 0.697. The van der Waals surface area contributed by atoms with Gasteiger partial charge in [-0.05, 0) is 41.5 Å². The molecular weight excluding hydrogens is 552 g/mol. The molecule has 42 heavy (non-hydrogen) atoms. The second kappa shape index (κ2) is 12.4. The molecule has 0 saturated carbocycles. The Morgan fingerprint density at radius 2 is 0.810 bits per heavy atom. The Morgan fingerprint density at radius 1 is 0.524 bits per heavy atom. The highest BCUT2D eigenvalue weighted by atomic mass is 16.6. The topological polar surface area (TPSA) is 152 Å². The van der Waals surface area contributed by atoms with Gasteiger partial charge in [0.1, 0.15) is 22.6 Å². The standard InChI is InChI=1S/C28H40N4O10/c1-27(2,3)41-25(37)31-13-11-29(17-19(33)21(35)23(17)39-7)9-10-30(18-20(34)22(36)24(18)40-8)12-14-32(16-15-31)26(38)42-28(4,5)6/h9-16H2,1-8H3. The van der Waals surface area contributed by atoms with Gasteiger partial charge in [-0.2, -0.15) is 0 Å². The summed E-state index contributed by atoms with van der Waals surface area (Å²) in [4.78, 5) is 81.8. The molecule has 0 aliphatic carbocycles. The lowest BCUT2D eigenvalue weighted by atomic mass is 10.1. The van der Waals surface area contributed by atoms with Gasteiger partial charge in [-0.1, -0.05) is 0 Å². The van der Waals surface area contributed by atoms with Gasteiger partial charge < -0.3 is 38.5 Å². The molecule has 1 aliphatic heterocycles. The van der Waals surface area contributed by atoms with E-state index < -0.39 is 45.1 Å². The summed E-state index contributed by atoms with van der Waals surface area (Å²) in [7, 11) is 2.57. The van der Waals surface area contributed by atoms with Crippen molar-refractivity contribution in [2.45, 2.75) is 52.7 Å². The summed E-state index contributed by atoms with van der Waals surface area (Å²) in [6, 6.07) is 0. The smallest absolute Gasteiger partial charge is 0.410 e. The fraction of sp³-hybridized carbons (Fsp3) is 0.643. The lowest BCUT2D eigenvalue weighted by molar-refractivity contribution is 0.0140. The van der Waals surface area contributed by atoms with Crippen molar-refractivity contribution in [3.05, 3.63) is 40.9 Å². The molecule has 0 bridgehead atoms. The van der Waals surface area contributed by atoms with Crippen molar-refractivity contribution in [2.24, 2.45) is 0 Å². The molecule has 14 heteroatoms. The van der Waals surface area contributed by atoms with Crippen LogP contribution in [0.25, 0.3) is 0 Å². The molecule has 1 fully saturated rings. The van der Waals surface area contributed by atoms with Crippen LogP contribution in [0, 0.1) is 0 Å². The second-order valence-electron chi connectivity index (χ2n) is 12.0. The summed E-state index contributed by atoms with van der Waals surface area (Å²) in [5.74, 6) is -0.185. The van der Waals surface area contributed by atoms with E-state index in [9.17, 15) is 28.8 Å². The maximum absolute atomic E-state index is 13.2. The fourth-order valence-corrected chi connectivity index (χ4v) is 4.55. The first-order valence-electron chi connectivity index (χ1n) is 13.7. The van der Waals surface area contributed by atoms with Gasteiger partial charge in [0, 0.05) is 52.4 Å². The Bertz CT molecular complexity index is 1330. The van der Waals surface area contributed by atoms with Crippen LogP contribution < -0.4 is 41.0 Å². The molecule has 2 aromatic carbocycles. The molecule has 0 spiro atoms. The molecule has 1 saturated heterocycles. The van der Waals surface area contributed by atoms with Gasteiger partial charge in [0.15, 0.2) is 11.5 Å². The normalized spacial score (nSPS) is 16.2. The average Bonchev–Trinajstić information content (AvgIpc) is 2.88. The third-order valence-corrected chi connectivity index (χ3v) is 6.59. The van der Waals surface area contributed by atoms with Gasteiger partial charge in [-0.15, -0.1) is 0 Å². The van der Waals surface area contributed by atoms with Gasteiger partial charge in [-0.3, -0.25) is 19.2 Å². The number of hydrogen-bond acceptors (Lipinski definition) is 12. The Kier molecular flexibility index (Phi) is 9.58. The van der Waals surface area contributed by atoms with E-state index in [2.05, 4.69) is 0 Å². The summed E-state index contributed by atoms with van der Waals surface area (Å²) < 4.78 is 21.5. The van der Waals surface area contributed by atoms with Crippen LogP contribution in [-0.4, -0.2) is 99.8 Å². The van der Waals surface area contributed by atoms with Crippen molar-refractivity contribution in [3.63, 3.8) is 0 Å². The number of ether oxygens (including phenoxy) is 4. The monoisotopic (exact) mass is 592 g/mol. The quantitative estimate of drug-likeness (QED) is 0.459. The van der Waals surface area contributed by atoms with Gasteiger partial charge in [-0.25, -0.2) is 9.59 Å². The molecule has 232 valence electrons. The third kappa shape index (κ3) is 7.21. The van der Waals surface area contributed by atoms with Crippen molar-refractivity contribution in [1.29, 1.82) is 0 Å². The molecule has 0 unspecified atom stereocenters. The lowest BCUT2D eigenvalue weighted by Gasteiger charge is -2.37. The number of carbonyl (C=O) groups excluding carboxylic acids is 2. The first-order valence-corrected chi connectivity index (χ1v) is 13.7. The largest absolute Gasteiger partial charge is 0.491 e. The highest BCUT2D eigenvalue weighted by molar-refractivity contribution is 5.70. The summed E-state index contributed by atoms with van der Waals surface area (Å²) in [6.45, 7) is 11.1. The van der Waals surface area contributed by atoms with Crippen LogP contribution >= 0.6 is 0 Å². The maximum Gasteiger partial charge on any atom is 0.410 e. The van der Waals surface area contributed by atoms with E-state index in [1.54, 1.807) is 51.3 Å². The van der Waals surface area contributed by atoms with Crippen molar-refractivity contribution in [2.75, 3.05) is 76.4 Å². The zero-order valence-corrected chi connectivity index (χ0v) is 25.5. The molecule has 1 aliphatic rings. The molecule has 0 atom stereocenters. The molecule has 0 aromatic heterocycles. The van der Waals surface area contributed by atoms with Crippen molar-refractivity contribution >= 4 is 23.6 Å². The van der Waals surface area contributed by atoms with Gasteiger partial charge in [0.25, 0.3) is 21.7 Å². The average molecular weight is 593 g/mol. The van der Waals surface area contributed by atoms with Crippen LogP contribution in [0.5, 0.6) is 11.5 Å². The SMILES string of the molecule is COc1c(N2CCN(C(=O)OC(C)(C)C)CCN(C(=O)OC(C)(C)C)CCN(c3c(OC)c(=O)c3=O)CC2)c(=O)c1=O. The summed E-state index contributed by atoms with van der Waals surface area (Å²) >= 11 is 0. The summed E-state index contributed by atoms with van der Waals surface area (Å²) in [6.07, 6.45) is -1.23. The number of anilines is 2. The number of carbonyl (C=O) groups is 2. The molecule has 0 radical (unpaired) electrons. The molecule has 1 heterocycles. The van der Waals surface area contributed by atoms with E-state index in [0.717, 1.165) is 0 Å². The fourth-order valence-electron chi connectivity index (χ4n) is 4.55. The van der Waals surface area contributed by atoms with E-state index in [-0.39, 0.29) is 75.2 Å². The zero-order valence-electron chi connectivity index (χ0n) is 25.5. The highest BCUT2D eigenvalue weighted by Gasteiger charge is 2.33. The van der Waals surface area contributed by atoms with Crippen LogP contribution in [0.2, 0.25) is 0 Å². The van der Waals surface area contributed by atoms with Gasteiger partial charge in [0.2, 0.25) is 0 Å². The first kappa shape index (κ1) is 32.4. The number of hydrogen-bond donors (Lipinski definition) is 0. The molecular formula is C28H40N4O10. The lowest BCUT2D eigenvalue weighted by Crippen LogP contribution is -2.53. The van der Waals surface area contributed by atoms with Crippen molar-refractivity contribution < 1.29 is 28.5 Å². The molecule has 14 nitrogen and oxygen atoms in total. The number of nitrogens with zero attached hydrogens (tertiary/aromatic N) is 4. The Hall–Kier alpha value is -4.10. The number of methoxy groups -OCH3 is 2. The third-order valence-electron chi connectivity index (χ3n) is 6.59. The molecule has 2 amide bonds. The number of amides is 2. The van der Waals surface area contributed by atoms with E-state index in [0.29, 0.717) is 0 Å². The van der Waals surface area contributed by atoms with E-state index in [1.165, 1.54) is 24.0 Å². The van der Waals surface area contributed by atoms with Crippen LogP contribution in [0.15, 0.2) is 19.2 Å². The van der Waals surface area contributed by atoms with E-state index in [4.69, 9.17) is 18.9 Å². The second-order valence-corrected chi connectivity index (χ2v) is 12.0. The molecule has 0 N–H and O–H groups in total. The zero-order chi connectivity index (χ0) is 31.6. The molecule has 3 rings (SSSR count). The van der Waals surface area contributed by atoms with Crippen LogP contribution in [0.3, 0.4) is 0 Å². The Balaban J connectivity index is 2.01. The van der Waals surface area contributed by atoms with Gasteiger partial charge >= 0.3 is 12.2 Å². The van der Waals surface area contributed by atoms with Crippen molar-refractivity contribution in [1.82, 2.24) is 9.80 Å². The van der Waals surface area contributed by atoms with Crippen LogP contribution in [-0.2, 0) is 9.47 Å². The summed E-state index contributed by atoms with van der Waals surface area (Å²) in [5, 5.41) is 0. The summed E-state index contributed by atoms with van der Waals surface area (Å²) in [5.41, 5.74) is -4.39. The molecule has 2 aromatic rings. The highest BCUT2D eigenvalue weighted by Crippen LogP contribution is 2.25. The minimum atomic E-state index is -0.784. The van der Waals surface area contributed by atoms with E-state index >= 15 is 0 Å². The maximum atomic E-state index is 13.2. The Labute approximate surface area is 243 Å². The van der Waals surface area contributed by atoms with Crippen LogP contribution in [0.4, 0.5) is 21.0 Å². The first-order chi connectivity index (χ1) is 19.5. The van der Waals surface area contributed by atoms with E-state index in [1.807, 2.05) is 0 Å². The van der Waals surface area contributed by atoms with Gasteiger partial charge in [0.05, 0.1) is 14.2 Å². The number of rotatable bonds is 4. The van der Waals surface area contributed by atoms with Crippen LogP contribution in [0.1, 0.15) is 41.5 Å². The van der Waals surface area contributed by atoms with Crippen molar-refractivity contribution in [3.8, 4) is 11.5 Å². The predicted molar refractivity (Wildman–Crippen MR) is 156 cm³/mol. The minimum Gasteiger partial charge on any atom is -0.491 e. The minimum absolute atomic E-state index is 0.0640.